The summed E-state index contributed by atoms with van der Waals surface area (Å²) < 4.78 is 10.2. The van der Waals surface area contributed by atoms with Crippen LogP contribution in [0.2, 0.25) is 0 Å². The molecule has 1 aliphatic rings. The van der Waals surface area contributed by atoms with Crippen LogP contribution in [0.15, 0.2) is 53.2 Å². The Morgan fingerprint density at radius 3 is 2.20 bits per heavy atom. The summed E-state index contributed by atoms with van der Waals surface area (Å²) in [6.45, 7) is 5.33. The maximum absolute atomic E-state index is 13.1. The fourth-order valence-corrected chi connectivity index (χ4v) is 4.22. The third-order valence-electron chi connectivity index (χ3n) is 5.86. The number of amides is 2. The number of hydrogen-bond acceptors (Lipinski definition) is 7. The molecule has 0 unspecified atom stereocenters. The Morgan fingerprint density at radius 2 is 1.63 bits per heavy atom. The SMILES string of the molecule is CC(C)(C)N(CCC(=O)O)C(=O)c1nonc1NC(=O)OCC1c2ccccc2-c2ccccc21. The topological polar surface area (TPSA) is 135 Å². The standard InChI is InChI=1S/C25H26N4O6/c1-25(2,3)29(13-12-20(30)31)23(32)21-22(28-35-27-21)26-24(33)34-14-19-17-10-6-4-8-15(17)16-9-5-7-11-18(16)19/h4-11,19H,12-14H2,1-3H3,(H,30,31)(H,26,28,33). The van der Waals surface area contributed by atoms with E-state index in [0.29, 0.717) is 0 Å². The van der Waals surface area contributed by atoms with Gasteiger partial charge in [-0.1, -0.05) is 48.5 Å². The number of benzene rings is 2. The smallest absolute Gasteiger partial charge is 0.412 e. The monoisotopic (exact) mass is 478 g/mol. The van der Waals surface area contributed by atoms with Crippen LogP contribution in [0.25, 0.3) is 11.1 Å². The van der Waals surface area contributed by atoms with Gasteiger partial charge in [-0.2, -0.15) is 0 Å². The van der Waals surface area contributed by atoms with E-state index in [9.17, 15) is 14.4 Å². The Hall–Kier alpha value is -4.21. The minimum Gasteiger partial charge on any atom is -0.481 e. The van der Waals surface area contributed by atoms with E-state index in [1.54, 1.807) is 20.8 Å². The molecule has 10 heteroatoms. The molecule has 1 aromatic heterocycles. The van der Waals surface area contributed by atoms with Gasteiger partial charge >= 0.3 is 12.1 Å². The normalized spacial score (nSPS) is 12.5. The van der Waals surface area contributed by atoms with Gasteiger partial charge in [-0.3, -0.25) is 14.9 Å². The predicted molar refractivity (Wildman–Crippen MR) is 126 cm³/mol. The van der Waals surface area contributed by atoms with E-state index in [0.717, 1.165) is 22.3 Å². The number of aliphatic carboxylic acids is 1. The first-order valence-corrected chi connectivity index (χ1v) is 11.1. The zero-order chi connectivity index (χ0) is 25.2. The minimum atomic E-state index is -1.04. The quantitative estimate of drug-likeness (QED) is 0.517. The third-order valence-corrected chi connectivity index (χ3v) is 5.86. The third kappa shape index (κ3) is 5.01. The lowest BCUT2D eigenvalue weighted by atomic mass is 9.98. The van der Waals surface area contributed by atoms with Gasteiger partial charge in [0.05, 0.1) is 6.42 Å². The van der Waals surface area contributed by atoms with Gasteiger partial charge in [0.2, 0.25) is 11.5 Å². The molecule has 0 saturated heterocycles. The van der Waals surface area contributed by atoms with Crippen LogP contribution in [0.5, 0.6) is 0 Å². The highest BCUT2D eigenvalue weighted by atomic mass is 16.6. The van der Waals surface area contributed by atoms with Crippen LogP contribution in [0, 0.1) is 0 Å². The Kier molecular flexibility index (Phi) is 6.54. The van der Waals surface area contributed by atoms with Gasteiger partial charge in [0, 0.05) is 18.0 Å². The van der Waals surface area contributed by atoms with Gasteiger partial charge < -0.3 is 14.7 Å². The van der Waals surface area contributed by atoms with E-state index in [-0.39, 0.29) is 37.0 Å². The molecule has 0 fully saturated rings. The lowest BCUT2D eigenvalue weighted by molar-refractivity contribution is -0.137. The van der Waals surface area contributed by atoms with Crippen molar-refractivity contribution in [1.29, 1.82) is 0 Å². The van der Waals surface area contributed by atoms with Gasteiger partial charge in [-0.15, -0.1) is 0 Å². The molecule has 0 radical (unpaired) electrons. The van der Waals surface area contributed by atoms with Crippen molar-refractivity contribution in [2.45, 2.75) is 38.6 Å². The molecule has 0 aliphatic heterocycles. The zero-order valence-electron chi connectivity index (χ0n) is 19.6. The van der Waals surface area contributed by atoms with Gasteiger partial charge in [-0.25, -0.2) is 9.42 Å². The Bertz CT molecular complexity index is 1220. The molecule has 35 heavy (non-hydrogen) atoms. The molecule has 182 valence electrons. The Balaban J connectivity index is 1.46. The maximum Gasteiger partial charge on any atom is 0.412 e. The van der Waals surface area contributed by atoms with Crippen molar-refractivity contribution in [2.75, 3.05) is 18.5 Å². The second kappa shape index (κ2) is 9.57. The van der Waals surface area contributed by atoms with Crippen molar-refractivity contribution in [1.82, 2.24) is 15.2 Å². The fraction of sp³-hybridized carbons (Fsp3) is 0.320. The van der Waals surface area contributed by atoms with Crippen molar-refractivity contribution in [2.24, 2.45) is 0 Å². The first-order valence-electron chi connectivity index (χ1n) is 11.1. The number of nitrogens with zero attached hydrogens (tertiary/aromatic N) is 3. The molecule has 0 atom stereocenters. The number of aromatic nitrogens is 2. The number of rotatable bonds is 7. The lowest BCUT2D eigenvalue weighted by Crippen LogP contribution is -2.47. The van der Waals surface area contributed by atoms with Gasteiger partial charge in [0.25, 0.3) is 5.91 Å². The zero-order valence-corrected chi connectivity index (χ0v) is 19.6. The van der Waals surface area contributed by atoms with E-state index >= 15 is 0 Å². The number of carbonyl (C=O) groups is 3. The van der Waals surface area contributed by atoms with E-state index in [1.165, 1.54) is 4.90 Å². The summed E-state index contributed by atoms with van der Waals surface area (Å²) in [6, 6.07) is 15.9. The van der Waals surface area contributed by atoms with Crippen LogP contribution in [0.3, 0.4) is 0 Å². The summed E-state index contributed by atoms with van der Waals surface area (Å²) in [5.74, 6) is -1.98. The van der Waals surface area contributed by atoms with E-state index in [2.05, 4.69) is 15.6 Å². The molecule has 0 bridgehead atoms. The van der Waals surface area contributed by atoms with Crippen LogP contribution in [0.4, 0.5) is 10.6 Å². The molecule has 10 nitrogen and oxygen atoms in total. The summed E-state index contributed by atoms with van der Waals surface area (Å²) in [5, 5.41) is 18.7. The summed E-state index contributed by atoms with van der Waals surface area (Å²) in [7, 11) is 0. The average Bonchev–Trinajstić information content (AvgIpc) is 3.39. The van der Waals surface area contributed by atoms with Gasteiger partial charge in [0.1, 0.15) is 6.61 Å². The van der Waals surface area contributed by atoms with Crippen LogP contribution in [-0.2, 0) is 9.53 Å². The van der Waals surface area contributed by atoms with Gasteiger partial charge in [-0.05, 0) is 53.3 Å². The van der Waals surface area contributed by atoms with E-state index in [4.69, 9.17) is 14.5 Å². The number of carbonyl (C=O) groups excluding carboxylic acids is 2. The van der Waals surface area contributed by atoms with Crippen molar-refractivity contribution >= 4 is 23.8 Å². The molecule has 2 amide bonds. The van der Waals surface area contributed by atoms with Crippen molar-refractivity contribution < 1.29 is 28.9 Å². The molecular weight excluding hydrogens is 452 g/mol. The molecule has 4 rings (SSSR count). The van der Waals surface area contributed by atoms with Crippen LogP contribution in [-0.4, -0.2) is 57.0 Å². The number of carboxylic acids is 1. The number of hydrogen-bond donors (Lipinski definition) is 2. The first kappa shape index (κ1) is 23.9. The summed E-state index contributed by atoms with van der Waals surface area (Å²) in [6.07, 6.45) is -1.06. The number of carboxylic acid groups (broad SMARTS) is 1. The van der Waals surface area contributed by atoms with Crippen molar-refractivity contribution in [3.8, 4) is 11.1 Å². The van der Waals surface area contributed by atoms with Crippen LogP contribution in [0.1, 0.15) is 54.7 Å². The van der Waals surface area contributed by atoms with E-state index in [1.807, 2.05) is 48.5 Å². The molecule has 0 saturated carbocycles. The highest BCUT2D eigenvalue weighted by Gasteiger charge is 2.33. The second-order valence-electron chi connectivity index (χ2n) is 9.18. The predicted octanol–water partition coefficient (Wildman–Crippen LogP) is 4.15. The summed E-state index contributed by atoms with van der Waals surface area (Å²) >= 11 is 0. The average molecular weight is 479 g/mol. The lowest BCUT2D eigenvalue weighted by Gasteiger charge is -2.34. The molecule has 2 N–H and O–H groups in total. The fourth-order valence-electron chi connectivity index (χ4n) is 4.22. The minimum absolute atomic E-state index is 0.0467. The number of nitrogens with one attached hydrogen (secondary N) is 1. The molecule has 0 spiro atoms. The van der Waals surface area contributed by atoms with Crippen LogP contribution >= 0.6 is 0 Å². The number of ether oxygens (including phenoxy) is 1. The molecule has 2 aromatic carbocycles. The van der Waals surface area contributed by atoms with E-state index < -0.39 is 23.5 Å². The molecular formula is C25H26N4O6. The maximum atomic E-state index is 13.1. The molecule has 1 aliphatic carbocycles. The van der Waals surface area contributed by atoms with Crippen molar-refractivity contribution in [3.63, 3.8) is 0 Å². The number of anilines is 1. The van der Waals surface area contributed by atoms with Gasteiger partial charge in [0.15, 0.2) is 0 Å². The highest BCUT2D eigenvalue weighted by molar-refractivity contribution is 6.00. The second-order valence-corrected chi connectivity index (χ2v) is 9.18. The Labute approximate surface area is 201 Å². The highest BCUT2D eigenvalue weighted by Crippen LogP contribution is 2.44. The van der Waals surface area contributed by atoms with Crippen LogP contribution < -0.4 is 5.32 Å². The Morgan fingerprint density at radius 1 is 1.03 bits per heavy atom. The van der Waals surface area contributed by atoms with Crippen molar-refractivity contribution in [3.05, 3.63) is 65.4 Å². The molecule has 3 aromatic rings. The summed E-state index contributed by atoms with van der Waals surface area (Å²) in [4.78, 5) is 38.1. The summed E-state index contributed by atoms with van der Waals surface area (Å²) in [5.41, 5.74) is 3.41. The first-order chi connectivity index (χ1) is 16.7. The molecule has 1 heterocycles. The largest absolute Gasteiger partial charge is 0.481 e. The number of fused-ring (bicyclic) bond motifs is 3.